The second kappa shape index (κ2) is 10.6. The number of fused-ring (bicyclic) bond motifs is 1. The molecule has 2 N–H and O–H groups in total. The number of aromatic nitrogens is 2. The van der Waals surface area contributed by atoms with E-state index in [-0.39, 0.29) is 30.6 Å². The van der Waals surface area contributed by atoms with Crippen molar-refractivity contribution in [3.63, 3.8) is 0 Å². The third-order valence-electron chi connectivity index (χ3n) is 6.07. The average molecular weight is 508 g/mol. The smallest absolute Gasteiger partial charge is 0.251 e. The number of carbonyl (C=O) groups excluding carboxylic acids is 2. The predicted molar refractivity (Wildman–Crippen MR) is 139 cm³/mol. The van der Waals surface area contributed by atoms with Crippen LogP contribution in [0.15, 0.2) is 41.8 Å². The summed E-state index contributed by atoms with van der Waals surface area (Å²) in [6.07, 6.45) is 2.09. The number of anilines is 2. The standard InChI is InChI=1S/C26H29N5O4S/c1-16-13-31(14-17(2)35-16)23-7-3-6-20(28-23)21-15-36-26(29-21)30-24(32)12-27-25(33)19-8-9-22-18(11-19)5-4-10-34-22/h3,6-9,11,15-17H,4-5,10,12-14H2,1-2H3,(H,27,33)(H,29,30,32)/t16-,17+. The first kappa shape index (κ1) is 24.2. The summed E-state index contributed by atoms with van der Waals surface area (Å²) in [5.74, 6) is 1.06. The summed E-state index contributed by atoms with van der Waals surface area (Å²) in [6, 6.07) is 11.2. The third-order valence-corrected chi connectivity index (χ3v) is 6.83. The van der Waals surface area contributed by atoms with E-state index in [1.54, 1.807) is 6.07 Å². The van der Waals surface area contributed by atoms with Gasteiger partial charge in [0.15, 0.2) is 5.13 Å². The normalized spacial score (nSPS) is 19.2. The lowest BCUT2D eigenvalue weighted by Gasteiger charge is -2.36. The third kappa shape index (κ3) is 5.66. The highest BCUT2D eigenvalue weighted by molar-refractivity contribution is 7.14. The molecule has 5 rings (SSSR count). The Morgan fingerprint density at radius 1 is 1.11 bits per heavy atom. The van der Waals surface area contributed by atoms with Crippen LogP contribution in [-0.4, -0.2) is 60.2 Å². The first-order valence-electron chi connectivity index (χ1n) is 12.1. The molecule has 2 aliphatic rings. The van der Waals surface area contributed by atoms with E-state index in [2.05, 4.69) is 34.4 Å². The number of aryl methyl sites for hydroxylation is 1. The van der Waals surface area contributed by atoms with Crippen LogP contribution < -0.4 is 20.3 Å². The number of ether oxygens (including phenoxy) is 2. The Balaban J connectivity index is 1.17. The molecule has 2 amide bonds. The van der Waals surface area contributed by atoms with E-state index < -0.39 is 0 Å². The lowest BCUT2D eigenvalue weighted by Crippen LogP contribution is -2.45. The van der Waals surface area contributed by atoms with Crippen LogP contribution in [0.2, 0.25) is 0 Å². The zero-order chi connectivity index (χ0) is 25.1. The van der Waals surface area contributed by atoms with Crippen molar-refractivity contribution in [3.8, 4) is 17.1 Å². The highest BCUT2D eigenvalue weighted by Crippen LogP contribution is 2.27. The van der Waals surface area contributed by atoms with Crippen LogP contribution in [0.25, 0.3) is 11.4 Å². The molecule has 0 spiro atoms. The largest absolute Gasteiger partial charge is 0.493 e. The number of nitrogens with zero attached hydrogens (tertiary/aromatic N) is 3. The van der Waals surface area contributed by atoms with Gasteiger partial charge < -0.3 is 25.0 Å². The second-order valence-corrected chi connectivity index (χ2v) is 9.94. The van der Waals surface area contributed by atoms with Gasteiger partial charge in [-0.15, -0.1) is 11.3 Å². The minimum Gasteiger partial charge on any atom is -0.493 e. The zero-order valence-corrected chi connectivity index (χ0v) is 21.1. The number of thiazole rings is 1. The van der Waals surface area contributed by atoms with E-state index >= 15 is 0 Å². The molecule has 10 heteroatoms. The molecule has 2 aromatic heterocycles. The van der Waals surface area contributed by atoms with Crippen molar-refractivity contribution in [1.29, 1.82) is 0 Å². The van der Waals surface area contributed by atoms with Crippen LogP contribution in [-0.2, 0) is 16.0 Å². The van der Waals surface area contributed by atoms with Gasteiger partial charge in [0.05, 0.1) is 31.1 Å². The van der Waals surface area contributed by atoms with E-state index in [1.807, 2.05) is 35.7 Å². The molecule has 1 aromatic carbocycles. The molecule has 2 atom stereocenters. The number of rotatable bonds is 6. The molecule has 4 heterocycles. The van der Waals surface area contributed by atoms with Gasteiger partial charge in [-0.1, -0.05) is 6.07 Å². The van der Waals surface area contributed by atoms with Gasteiger partial charge in [-0.2, -0.15) is 0 Å². The fourth-order valence-electron chi connectivity index (χ4n) is 4.48. The molecule has 3 aromatic rings. The molecule has 0 aliphatic carbocycles. The fraction of sp³-hybridized carbons (Fsp3) is 0.385. The number of nitrogens with one attached hydrogen (secondary N) is 2. The lowest BCUT2D eigenvalue weighted by molar-refractivity contribution is -0.115. The Kier molecular flexibility index (Phi) is 7.15. The number of hydrogen-bond acceptors (Lipinski definition) is 8. The number of pyridine rings is 1. The van der Waals surface area contributed by atoms with E-state index in [9.17, 15) is 9.59 Å². The van der Waals surface area contributed by atoms with Crippen molar-refractivity contribution in [1.82, 2.24) is 15.3 Å². The van der Waals surface area contributed by atoms with Crippen LogP contribution in [0.4, 0.5) is 10.9 Å². The van der Waals surface area contributed by atoms with Gasteiger partial charge in [0.25, 0.3) is 5.91 Å². The van der Waals surface area contributed by atoms with Crippen molar-refractivity contribution in [2.24, 2.45) is 0 Å². The molecule has 0 saturated carbocycles. The van der Waals surface area contributed by atoms with Crippen LogP contribution in [0, 0.1) is 0 Å². The van der Waals surface area contributed by atoms with Crippen molar-refractivity contribution in [2.75, 3.05) is 36.5 Å². The van der Waals surface area contributed by atoms with Gasteiger partial charge in [-0.05, 0) is 62.6 Å². The molecule has 1 saturated heterocycles. The minimum absolute atomic E-state index is 0.141. The highest BCUT2D eigenvalue weighted by atomic mass is 32.1. The first-order chi connectivity index (χ1) is 17.4. The Morgan fingerprint density at radius 3 is 2.78 bits per heavy atom. The van der Waals surface area contributed by atoms with Gasteiger partial charge in [0, 0.05) is 24.0 Å². The van der Waals surface area contributed by atoms with Crippen molar-refractivity contribution in [3.05, 3.63) is 52.9 Å². The SMILES string of the molecule is C[C@@H]1CN(c2cccc(-c3csc(NC(=O)CNC(=O)c4ccc5c(c4)CCCO5)n3)n2)C[C@H](C)O1. The predicted octanol–water partition coefficient (Wildman–Crippen LogP) is 3.51. The maximum Gasteiger partial charge on any atom is 0.251 e. The van der Waals surface area contributed by atoms with Crippen molar-refractivity contribution < 1.29 is 19.1 Å². The molecule has 36 heavy (non-hydrogen) atoms. The van der Waals surface area contributed by atoms with Gasteiger partial charge in [-0.25, -0.2) is 9.97 Å². The molecular formula is C26H29N5O4S. The summed E-state index contributed by atoms with van der Waals surface area (Å²) in [7, 11) is 0. The number of amides is 2. The number of carbonyl (C=O) groups is 2. The summed E-state index contributed by atoms with van der Waals surface area (Å²) < 4.78 is 11.4. The summed E-state index contributed by atoms with van der Waals surface area (Å²) in [4.78, 5) is 36.5. The molecule has 0 unspecified atom stereocenters. The van der Waals surface area contributed by atoms with Gasteiger partial charge in [0.2, 0.25) is 5.91 Å². The summed E-state index contributed by atoms with van der Waals surface area (Å²) in [6.45, 7) is 6.24. The van der Waals surface area contributed by atoms with Crippen LogP contribution >= 0.6 is 11.3 Å². The average Bonchev–Trinajstić information content (AvgIpc) is 3.35. The molecule has 1 fully saturated rings. The molecule has 9 nitrogen and oxygen atoms in total. The van der Waals surface area contributed by atoms with Gasteiger partial charge in [0.1, 0.15) is 17.3 Å². The van der Waals surface area contributed by atoms with Gasteiger partial charge in [-0.3, -0.25) is 9.59 Å². The molecular weight excluding hydrogens is 478 g/mol. The number of morpholine rings is 1. The van der Waals surface area contributed by atoms with E-state index in [0.717, 1.165) is 48.8 Å². The minimum atomic E-state index is -0.344. The molecule has 188 valence electrons. The maximum atomic E-state index is 12.5. The Labute approximate surface area is 213 Å². The quantitative estimate of drug-likeness (QED) is 0.526. The number of hydrogen-bond donors (Lipinski definition) is 2. The highest BCUT2D eigenvalue weighted by Gasteiger charge is 2.23. The molecule has 0 radical (unpaired) electrons. The second-order valence-electron chi connectivity index (χ2n) is 9.09. The summed E-state index contributed by atoms with van der Waals surface area (Å²) in [5, 5.41) is 7.75. The lowest BCUT2D eigenvalue weighted by atomic mass is 10.0. The van der Waals surface area contributed by atoms with E-state index in [0.29, 0.717) is 23.0 Å². The van der Waals surface area contributed by atoms with Crippen LogP contribution in [0.3, 0.4) is 0 Å². The van der Waals surface area contributed by atoms with Crippen molar-refractivity contribution >= 4 is 34.1 Å². The van der Waals surface area contributed by atoms with Crippen LogP contribution in [0.1, 0.15) is 36.2 Å². The topological polar surface area (TPSA) is 106 Å². The Morgan fingerprint density at radius 2 is 1.94 bits per heavy atom. The Hall–Kier alpha value is -3.50. The maximum absolute atomic E-state index is 12.5. The molecule has 2 aliphatic heterocycles. The molecule has 0 bridgehead atoms. The van der Waals surface area contributed by atoms with Crippen LogP contribution in [0.5, 0.6) is 5.75 Å². The first-order valence-corrected chi connectivity index (χ1v) is 13.0. The zero-order valence-electron chi connectivity index (χ0n) is 20.3. The van der Waals surface area contributed by atoms with Gasteiger partial charge >= 0.3 is 0 Å². The Bertz CT molecular complexity index is 1250. The fourth-order valence-corrected chi connectivity index (χ4v) is 5.20. The van der Waals surface area contributed by atoms with E-state index in [1.165, 1.54) is 11.3 Å². The van der Waals surface area contributed by atoms with E-state index in [4.69, 9.17) is 14.5 Å². The monoisotopic (exact) mass is 507 g/mol. The summed E-state index contributed by atoms with van der Waals surface area (Å²) >= 11 is 1.32. The van der Waals surface area contributed by atoms with Crippen molar-refractivity contribution in [2.45, 2.75) is 38.9 Å². The summed E-state index contributed by atoms with van der Waals surface area (Å²) in [5.41, 5.74) is 2.95. The number of benzene rings is 1.